The topological polar surface area (TPSA) is 20.2 Å². The smallest absolute Gasteiger partial charge is 0.0682 e. The van der Waals surface area contributed by atoms with E-state index in [1.165, 1.54) is 33.4 Å². The van der Waals surface area contributed by atoms with Crippen molar-refractivity contribution in [1.82, 2.24) is 0 Å². The Morgan fingerprint density at radius 3 is 0.875 bits per heavy atom. The van der Waals surface area contributed by atoms with Crippen molar-refractivity contribution in [1.29, 1.82) is 0 Å². The van der Waals surface area contributed by atoms with Crippen molar-refractivity contribution < 1.29 is 5.11 Å². The van der Waals surface area contributed by atoms with Crippen LogP contribution < -0.4 is 0 Å². The second-order valence-corrected chi connectivity index (χ2v) is 15.5. The summed E-state index contributed by atoms with van der Waals surface area (Å²) in [6, 6.07) is 20.3. The van der Waals surface area contributed by atoms with Crippen molar-refractivity contribution in [2.75, 3.05) is 0 Å². The highest BCUT2D eigenvalue weighted by atomic mass is 16.3. The fourth-order valence-corrected chi connectivity index (χ4v) is 4.64. The number of aliphatic hydroxyl groups excluding tert-OH is 1. The van der Waals surface area contributed by atoms with Crippen LogP contribution in [0.3, 0.4) is 0 Å². The maximum Gasteiger partial charge on any atom is 0.0682 e. The second-order valence-electron chi connectivity index (χ2n) is 15.5. The standard InChI is InChI=1S/C39H52O/c1-36(2,3)32-20-29(21-33(24-32)37(4,5)6)15-13-27-17-28(19-31(18-27)26-40)14-16-30-22-34(38(7,8)9)25-35(23-30)39(10,11)12/h13-25,40H,26H2,1-12H3. The van der Waals surface area contributed by atoms with E-state index >= 15 is 0 Å². The van der Waals surface area contributed by atoms with Gasteiger partial charge in [0.1, 0.15) is 0 Å². The maximum atomic E-state index is 10.0. The van der Waals surface area contributed by atoms with Gasteiger partial charge in [0.2, 0.25) is 0 Å². The molecule has 3 aromatic carbocycles. The van der Waals surface area contributed by atoms with E-state index in [0.29, 0.717) is 0 Å². The van der Waals surface area contributed by atoms with Gasteiger partial charge in [0.15, 0.2) is 0 Å². The SMILES string of the molecule is CC(C)(C)c1cc(C=Cc2cc(C=Cc3cc(C(C)(C)C)cc(C(C)(C)C)c3)cc(CO)c2)cc(C(C)(C)C)c1. The van der Waals surface area contributed by atoms with E-state index in [2.05, 4.69) is 162 Å². The van der Waals surface area contributed by atoms with Crippen LogP contribution in [-0.2, 0) is 28.3 Å². The first-order valence-corrected chi connectivity index (χ1v) is 14.7. The van der Waals surface area contributed by atoms with Crippen LogP contribution >= 0.6 is 0 Å². The zero-order valence-electron chi connectivity index (χ0n) is 27.2. The summed E-state index contributed by atoms with van der Waals surface area (Å²) in [5.74, 6) is 0. The minimum absolute atomic E-state index is 0.0177. The molecule has 0 aliphatic rings. The van der Waals surface area contributed by atoms with Crippen molar-refractivity contribution >= 4 is 24.3 Å². The van der Waals surface area contributed by atoms with Crippen molar-refractivity contribution in [3.05, 3.63) is 105 Å². The van der Waals surface area contributed by atoms with Gasteiger partial charge in [-0.15, -0.1) is 0 Å². The van der Waals surface area contributed by atoms with Crippen molar-refractivity contribution in [3.8, 4) is 0 Å². The lowest BCUT2D eigenvalue weighted by atomic mass is 9.79. The Morgan fingerprint density at radius 1 is 0.400 bits per heavy atom. The average molecular weight is 537 g/mol. The van der Waals surface area contributed by atoms with Gasteiger partial charge in [-0.3, -0.25) is 0 Å². The average Bonchev–Trinajstić information content (AvgIpc) is 2.83. The van der Waals surface area contributed by atoms with Crippen molar-refractivity contribution in [3.63, 3.8) is 0 Å². The lowest BCUT2D eigenvalue weighted by molar-refractivity contribution is 0.282. The fourth-order valence-electron chi connectivity index (χ4n) is 4.64. The highest BCUT2D eigenvalue weighted by Crippen LogP contribution is 2.32. The highest BCUT2D eigenvalue weighted by molar-refractivity contribution is 5.75. The Labute approximate surface area is 245 Å². The zero-order chi connectivity index (χ0) is 30.1. The third kappa shape index (κ3) is 8.55. The van der Waals surface area contributed by atoms with E-state index in [9.17, 15) is 5.11 Å². The molecule has 0 aromatic heterocycles. The van der Waals surface area contributed by atoms with E-state index in [1.54, 1.807) is 0 Å². The van der Waals surface area contributed by atoms with Gasteiger partial charge < -0.3 is 5.11 Å². The lowest BCUT2D eigenvalue weighted by Gasteiger charge is -2.25. The Balaban J connectivity index is 2.01. The molecule has 3 rings (SSSR count). The normalized spacial score (nSPS) is 13.5. The van der Waals surface area contributed by atoms with E-state index < -0.39 is 0 Å². The second kappa shape index (κ2) is 11.5. The van der Waals surface area contributed by atoms with Crippen molar-refractivity contribution in [2.24, 2.45) is 0 Å². The van der Waals surface area contributed by atoms with E-state index in [1.807, 2.05) is 0 Å². The molecule has 0 radical (unpaired) electrons. The number of hydrogen-bond donors (Lipinski definition) is 1. The van der Waals surface area contributed by atoms with E-state index in [-0.39, 0.29) is 28.3 Å². The Hall–Kier alpha value is -2.90. The molecule has 214 valence electrons. The van der Waals surface area contributed by atoms with Crippen LogP contribution in [0.15, 0.2) is 54.6 Å². The predicted octanol–water partition coefficient (Wildman–Crippen LogP) is 10.7. The Kier molecular flexibility index (Phi) is 9.12. The van der Waals surface area contributed by atoms with Gasteiger partial charge in [-0.1, -0.05) is 144 Å². The number of benzene rings is 3. The van der Waals surface area contributed by atoms with E-state index in [4.69, 9.17) is 0 Å². The number of aliphatic hydroxyl groups is 1. The Morgan fingerprint density at radius 2 is 0.650 bits per heavy atom. The van der Waals surface area contributed by atoms with Gasteiger partial charge >= 0.3 is 0 Å². The summed E-state index contributed by atoms with van der Waals surface area (Å²) in [5, 5.41) is 10.0. The summed E-state index contributed by atoms with van der Waals surface area (Å²) in [7, 11) is 0. The molecule has 0 amide bonds. The largest absolute Gasteiger partial charge is 0.392 e. The molecule has 0 aliphatic heterocycles. The summed E-state index contributed by atoms with van der Waals surface area (Å²) < 4.78 is 0. The number of rotatable bonds is 5. The van der Waals surface area contributed by atoms with Gasteiger partial charge in [-0.25, -0.2) is 0 Å². The first-order chi connectivity index (χ1) is 18.3. The molecule has 0 saturated heterocycles. The molecule has 0 spiro atoms. The monoisotopic (exact) mass is 536 g/mol. The van der Waals surface area contributed by atoms with Crippen LogP contribution in [0.1, 0.15) is 133 Å². The minimum Gasteiger partial charge on any atom is -0.392 e. The van der Waals surface area contributed by atoms with Crippen LogP contribution in [-0.4, -0.2) is 5.11 Å². The molecule has 1 nitrogen and oxygen atoms in total. The fraction of sp³-hybridized carbons (Fsp3) is 0.436. The summed E-state index contributed by atoms with van der Waals surface area (Å²) in [6.45, 7) is 27.3. The summed E-state index contributed by atoms with van der Waals surface area (Å²) in [4.78, 5) is 0. The predicted molar refractivity (Wildman–Crippen MR) is 178 cm³/mol. The summed E-state index contributed by atoms with van der Waals surface area (Å²) >= 11 is 0. The Bertz CT molecular complexity index is 1220. The number of hydrogen-bond acceptors (Lipinski definition) is 1. The molecule has 0 unspecified atom stereocenters. The third-order valence-electron chi connectivity index (χ3n) is 7.53. The maximum absolute atomic E-state index is 10.0. The zero-order valence-corrected chi connectivity index (χ0v) is 27.2. The summed E-state index contributed by atoms with van der Waals surface area (Å²) in [6.07, 6.45) is 8.75. The molecule has 40 heavy (non-hydrogen) atoms. The summed E-state index contributed by atoms with van der Waals surface area (Å²) in [5.41, 5.74) is 11.2. The molecule has 3 aromatic rings. The van der Waals surface area contributed by atoms with Gasteiger partial charge in [-0.2, -0.15) is 0 Å². The first kappa shape index (κ1) is 31.6. The van der Waals surface area contributed by atoms with Crippen LogP contribution in [0.25, 0.3) is 24.3 Å². The molecule has 0 aliphatic carbocycles. The first-order valence-electron chi connectivity index (χ1n) is 14.7. The third-order valence-corrected chi connectivity index (χ3v) is 7.53. The highest BCUT2D eigenvalue weighted by Gasteiger charge is 2.21. The van der Waals surface area contributed by atoms with Gasteiger partial charge in [0, 0.05) is 0 Å². The molecule has 0 saturated carbocycles. The van der Waals surface area contributed by atoms with Crippen molar-refractivity contribution in [2.45, 2.75) is 111 Å². The lowest BCUT2D eigenvalue weighted by Crippen LogP contribution is -2.16. The van der Waals surface area contributed by atoms with Gasteiger partial charge in [0.25, 0.3) is 0 Å². The molecule has 0 heterocycles. The molecule has 1 heteroatoms. The molecule has 0 fully saturated rings. The van der Waals surface area contributed by atoms with Crippen LogP contribution in [0.4, 0.5) is 0 Å². The van der Waals surface area contributed by atoms with Gasteiger partial charge in [0.05, 0.1) is 6.61 Å². The van der Waals surface area contributed by atoms with Crippen LogP contribution in [0, 0.1) is 0 Å². The molecule has 0 atom stereocenters. The minimum atomic E-state index is 0.0177. The van der Waals surface area contributed by atoms with E-state index in [0.717, 1.165) is 16.7 Å². The molecular formula is C39H52O. The van der Waals surface area contributed by atoms with Gasteiger partial charge in [-0.05, 0) is 89.9 Å². The van der Waals surface area contributed by atoms with Crippen LogP contribution in [0.5, 0.6) is 0 Å². The quantitative estimate of drug-likeness (QED) is 0.322. The molecular weight excluding hydrogens is 484 g/mol. The van der Waals surface area contributed by atoms with Crippen LogP contribution in [0.2, 0.25) is 0 Å². The molecule has 1 N–H and O–H groups in total. The molecule has 0 bridgehead atoms.